The molecule has 2 aliphatic rings. The molecule has 14 heavy (non-hydrogen) atoms. The quantitative estimate of drug-likeness (QED) is 0.610. The summed E-state index contributed by atoms with van der Waals surface area (Å²) in [6, 6.07) is 0.733. The van der Waals surface area contributed by atoms with E-state index in [1.54, 1.807) is 0 Å². The molecule has 1 saturated carbocycles. The van der Waals surface area contributed by atoms with Crippen LogP contribution >= 0.6 is 0 Å². The third-order valence-electron chi connectivity index (χ3n) is 3.67. The van der Waals surface area contributed by atoms with Crippen LogP contribution in [0.5, 0.6) is 0 Å². The first-order valence-corrected chi connectivity index (χ1v) is 5.95. The molecular formula is C11H22N2O. The van der Waals surface area contributed by atoms with E-state index in [1.165, 1.54) is 19.3 Å². The van der Waals surface area contributed by atoms with Gasteiger partial charge in [0.05, 0.1) is 6.10 Å². The van der Waals surface area contributed by atoms with Crippen molar-refractivity contribution >= 4 is 0 Å². The number of likely N-dealkylation sites (tertiary alicyclic amines) is 1. The Bertz CT molecular complexity index is 186. The van der Waals surface area contributed by atoms with Gasteiger partial charge in [0.15, 0.2) is 0 Å². The van der Waals surface area contributed by atoms with Crippen molar-refractivity contribution in [3.63, 3.8) is 0 Å². The van der Waals surface area contributed by atoms with E-state index in [0.717, 1.165) is 32.4 Å². The van der Waals surface area contributed by atoms with Crippen LogP contribution in [0.3, 0.4) is 0 Å². The molecule has 1 saturated heterocycles. The second kappa shape index (κ2) is 4.60. The number of nitrogens with two attached hydrogens (primary N) is 1. The summed E-state index contributed by atoms with van der Waals surface area (Å²) < 4.78 is 0. The van der Waals surface area contributed by atoms with Crippen molar-refractivity contribution < 1.29 is 5.11 Å². The molecule has 0 radical (unpaired) electrons. The van der Waals surface area contributed by atoms with E-state index >= 15 is 0 Å². The van der Waals surface area contributed by atoms with Gasteiger partial charge in [0, 0.05) is 25.2 Å². The van der Waals surface area contributed by atoms with Gasteiger partial charge in [-0.2, -0.15) is 0 Å². The Morgan fingerprint density at radius 2 is 1.86 bits per heavy atom. The molecule has 3 nitrogen and oxygen atoms in total. The molecule has 2 fully saturated rings. The van der Waals surface area contributed by atoms with E-state index in [0.29, 0.717) is 12.1 Å². The van der Waals surface area contributed by atoms with Crippen LogP contribution in [0.1, 0.15) is 38.5 Å². The van der Waals surface area contributed by atoms with Gasteiger partial charge in [0.1, 0.15) is 0 Å². The monoisotopic (exact) mass is 198 g/mol. The maximum atomic E-state index is 10.0. The molecule has 1 heterocycles. The smallest absolute Gasteiger partial charge is 0.0695 e. The molecule has 3 N–H and O–H groups in total. The molecule has 0 aromatic heterocycles. The summed E-state index contributed by atoms with van der Waals surface area (Å²) in [5.41, 5.74) is 5.89. The summed E-state index contributed by atoms with van der Waals surface area (Å²) in [4.78, 5) is 2.40. The predicted molar refractivity (Wildman–Crippen MR) is 57.0 cm³/mol. The van der Waals surface area contributed by atoms with E-state index in [1.807, 2.05) is 0 Å². The molecule has 2 unspecified atom stereocenters. The van der Waals surface area contributed by atoms with Gasteiger partial charge >= 0.3 is 0 Å². The Morgan fingerprint density at radius 3 is 2.57 bits per heavy atom. The number of aliphatic hydroxyl groups excluding tert-OH is 1. The molecule has 2 rings (SSSR count). The molecule has 3 heteroatoms. The topological polar surface area (TPSA) is 49.5 Å². The standard InChI is InChI=1S/C11H22N2O/c12-9-6-7-13(8-9)10-4-2-1-3-5-11(10)14/h9-11,14H,1-8,12H2/t9-,10?,11?/m0/s1. The zero-order chi connectivity index (χ0) is 9.97. The number of rotatable bonds is 1. The van der Waals surface area contributed by atoms with E-state index in [4.69, 9.17) is 5.73 Å². The van der Waals surface area contributed by atoms with Gasteiger partial charge in [0.2, 0.25) is 0 Å². The van der Waals surface area contributed by atoms with Gasteiger partial charge in [-0.3, -0.25) is 4.90 Å². The number of hydrogen-bond donors (Lipinski definition) is 2. The summed E-state index contributed by atoms with van der Waals surface area (Å²) in [6.45, 7) is 2.07. The van der Waals surface area contributed by atoms with Crippen LogP contribution in [0, 0.1) is 0 Å². The lowest BCUT2D eigenvalue weighted by atomic mass is 10.0. The lowest BCUT2D eigenvalue weighted by Crippen LogP contribution is -2.42. The highest BCUT2D eigenvalue weighted by atomic mass is 16.3. The lowest BCUT2D eigenvalue weighted by Gasteiger charge is -2.30. The van der Waals surface area contributed by atoms with Crippen molar-refractivity contribution in [2.75, 3.05) is 13.1 Å². The summed E-state index contributed by atoms with van der Waals surface area (Å²) in [7, 11) is 0. The SMILES string of the molecule is N[C@H]1CCN(C2CCCCCC2O)C1. The summed E-state index contributed by atoms with van der Waals surface area (Å²) in [6.07, 6.45) is 6.88. The van der Waals surface area contributed by atoms with Gasteiger partial charge in [-0.25, -0.2) is 0 Å². The molecule has 0 amide bonds. The third kappa shape index (κ3) is 2.27. The third-order valence-corrected chi connectivity index (χ3v) is 3.67. The first kappa shape index (κ1) is 10.4. The number of hydrogen-bond acceptors (Lipinski definition) is 3. The normalized spacial score (nSPS) is 41.1. The van der Waals surface area contributed by atoms with Crippen molar-refractivity contribution in [3.05, 3.63) is 0 Å². The Balaban J connectivity index is 1.93. The van der Waals surface area contributed by atoms with Gasteiger partial charge in [0.25, 0.3) is 0 Å². The van der Waals surface area contributed by atoms with Gasteiger partial charge in [-0.1, -0.05) is 19.3 Å². The molecule has 1 aliphatic carbocycles. The minimum atomic E-state index is -0.109. The average molecular weight is 198 g/mol. The highest BCUT2D eigenvalue weighted by Gasteiger charge is 2.31. The summed E-state index contributed by atoms with van der Waals surface area (Å²) in [5.74, 6) is 0. The number of aliphatic hydroxyl groups is 1. The summed E-state index contributed by atoms with van der Waals surface area (Å²) >= 11 is 0. The van der Waals surface area contributed by atoms with Crippen molar-refractivity contribution in [2.24, 2.45) is 5.73 Å². The lowest BCUT2D eigenvalue weighted by molar-refractivity contribution is 0.0564. The van der Waals surface area contributed by atoms with Crippen LogP contribution in [-0.4, -0.2) is 41.3 Å². The maximum Gasteiger partial charge on any atom is 0.0695 e. The van der Waals surface area contributed by atoms with E-state index in [9.17, 15) is 5.11 Å². The van der Waals surface area contributed by atoms with Gasteiger partial charge in [-0.05, 0) is 19.3 Å². The molecule has 0 bridgehead atoms. The Morgan fingerprint density at radius 1 is 1.07 bits per heavy atom. The first-order chi connectivity index (χ1) is 6.77. The zero-order valence-corrected chi connectivity index (χ0v) is 8.86. The predicted octanol–water partition coefficient (Wildman–Crippen LogP) is 0.713. The Labute approximate surface area is 86.3 Å². The van der Waals surface area contributed by atoms with Crippen LogP contribution in [0.4, 0.5) is 0 Å². The molecule has 3 atom stereocenters. The van der Waals surface area contributed by atoms with Crippen LogP contribution in [0.2, 0.25) is 0 Å². The highest BCUT2D eigenvalue weighted by molar-refractivity contribution is 4.88. The Hall–Kier alpha value is -0.120. The van der Waals surface area contributed by atoms with Crippen LogP contribution in [0.15, 0.2) is 0 Å². The average Bonchev–Trinajstić information content (AvgIpc) is 2.46. The fourth-order valence-corrected chi connectivity index (χ4v) is 2.81. The van der Waals surface area contributed by atoms with E-state index < -0.39 is 0 Å². The molecular weight excluding hydrogens is 176 g/mol. The number of nitrogens with zero attached hydrogens (tertiary/aromatic N) is 1. The second-order valence-corrected chi connectivity index (χ2v) is 4.82. The first-order valence-electron chi connectivity index (χ1n) is 5.95. The molecule has 0 spiro atoms. The van der Waals surface area contributed by atoms with E-state index in [-0.39, 0.29) is 6.10 Å². The van der Waals surface area contributed by atoms with Crippen molar-refractivity contribution in [2.45, 2.75) is 56.7 Å². The van der Waals surface area contributed by atoms with Crippen LogP contribution < -0.4 is 5.73 Å². The summed E-state index contributed by atoms with van der Waals surface area (Å²) in [5, 5.41) is 10.0. The zero-order valence-electron chi connectivity index (χ0n) is 8.86. The van der Waals surface area contributed by atoms with Crippen molar-refractivity contribution in [1.29, 1.82) is 0 Å². The molecule has 82 valence electrons. The largest absolute Gasteiger partial charge is 0.391 e. The van der Waals surface area contributed by atoms with Crippen molar-refractivity contribution in [3.8, 4) is 0 Å². The minimum Gasteiger partial charge on any atom is -0.391 e. The fraction of sp³-hybridized carbons (Fsp3) is 1.00. The Kier molecular flexibility index (Phi) is 3.42. The molecule has 1 aliphatic heterocycles. The molecule has 0 aromatic carbocycles. The molecule has 0 aromatic rings. The van der Waals surface area contributed by atoms with Crippen LogP contribution in [0.25, 0.3) is 0 Å². The van der Waals surface area contributed by atoms with Gasteiger partial charge in [-0.15, -0.1) is 0 Å². The highest BCUT2D eigenvalue weighted by Crippen LogP contribution is 2.24. The second-order valence-electron chi connectivity index (χ2n) is 4.82. The van der Waals surface area contributed by atoms with Crippen molar-refractivity contribution in [1.82, 2.24) is 4.90 Å². The maximum absolute atomic E-state index is 10.0. The van der Waals surface area contributed by atoms with E-state index in [2.05, 4.69) is 4.90 Å². The minimum absolute atomic E-state index is 0.109. The van der Waals surface area contributed by atoms with Crippen LogP contribution in [-0.2, 0) is 0 Å². The fourth-order valence-electron chi connectivity index (χ4n) is 2.81. The van der Waals surface area contributed by atoms with Gasteiger partial charge < -0.3 is 10.8 Å².